The third-order valence-electron chi connectivity index (χ3n) is 3.19. The molecule has 0 aliphatic rings. The van der Waals surface area contributed by atoms with Gasteiger partial charge in [-0.25, -0.2) is 8.78 Å². The van der Waals surface area contributed by atoms with Gasteiger partial charge in [-0.1, -0.05) is 30.3 Å². The number of benzene rings is 2. The number of hydrogen-bond donors (Lipinski definition) is 0. The van der Waals surface area contributed by atoms with Gasteiger partial charge in [0.1, 0.15) is 5.75 Å². The van der Waals surface area contributed by atoms with Gasteiger partial charge in [0.15, 0.2) is 17.7 Å². The zero-order valence-corrected chi connectivity index (χ0v) is 12.4. The van der Waals surface area contributed by atoms with Crippen molar-refractivity contribution in [1.82, 2.24) is 4.90 Å². The minimum atomic E-state index is -1.00. The fraction of sp³-hybridized carbons (Fsp3) is 0.235. The van der Waals surface area contributed by atoms with Gasteiger partial charge in [-0.05, 0) is 24.6 Å². The molecule has 2 rings (SSSR count). The van der Waals surface area contributed by atoms with Crippen molar-refractivity contribution in [2.75, 3.05) is 7.05 Å². The summed E-state index contributed by atoms with van der Waals surface area (Å²) in [5.74, 6) is -2.08. The van der Waals surface area contributed by atoms with Crippen LogP contribution in [0.4, 0.5) is 8.78 Å². The number of hydrogen-bond acceptors (Lipinski definition) is 2. The molecule has 0 saturated heterocycles. The van der Waals surface area contributed by atoms with E-state index in [9.17, 15) is 13.6 Å². The Balaban J connectivity index is 1.97. The Hall–Kier alpha value is -2.43. The quantitative estimate of drug-likeness (QED) is 0.847. The molecule has 0 heterocycles. The molecule has 0 aromatic heterocycles. The summed E-state index contributed by atoms with van der Waals surface area (Å²) in [6.07, 6.45) is -0.793. The number of ether oxygens (including phenoxy) is 1. The van der Waals surface area contributed by atoms with Gasteiger partial charge in [-0.2, -0.15) is 0 Å². The normalized spacial score (nSPS) is 11.8. The molecular weight excluding hydrogens is 288 g/mol. The van der Waals surface area contributed by atoms with E-state index in [2.05, 4.69) is 0 Å². The van der Waals surface area contributed by atoms with E-state index in [1.165, 1.54) is 11.0 Å². The van der Waals surface area contributed by atoms with E-state index < -0.39 is 17.7 Å². The molecule has 116 valence electrons. The third-order valence-corrected chi connectivity index (χ3v) is 3.19. The zero-order chi connectivity index (χ0) is 16.1. The van der Waals surface area contributed by atoms with Crippen molar-refractivity contribution < 1.29 is 18.3 Å². The molecule has 0 saturated carbocycles. The van der Waals surface area contributed by atoms with Gasteiger partial charge in [0.2, 0.25) is 0 Å². The van der Waals surface area contributed by atoms with E-state index in [1.54, 1.807) is 14.0 Å². The molecular formula is C17H17F2NO2. The van der Waals surface area contributed by atoms with Crippen molar-refractivity contribution in [1.29, 1.82) is 0 Å². The largest absolute Gasteiger partial charge is 0.481 e. The first-order valence-electron chi connectivity index (χ1n) is 6.88. The van der Waals surface area contributed by atoms with Crippen LogP contribution in [0, 0.1) is 11.6 Å². The van der Waals surface area contributed by atoms with Crippen molar-refractivity contribution in [3.8, 4) is 5.75 Å². The predicted molar refractivity (Wildman–Crippen MR) is 79.4 cm³/mol. The number of carbonyl (C=O) groups is 1. The summed E-state index contributed by atoms with van der Waals surface area (Å²) in [7, 11) is 1.67. The number of amides is 1. The van der Waals surface area contributed by atoms with E-state index in [0.717, 1.165) is 17.7 Å². The molecule has 2 aromatic carbocycles. The molecule has 0 aliphatic carbocycles. The van der Waals surface area contributed by atoms with Crippen LogP contribution in [0.5, 0.6) is 5.75 Å². The fourth-order valence-electron chi connectivity index (χ4n) is 2.05. The van der Waals surface area contributed by atoms with Crippen LogP contribution in [-0.4, -0.2) is 24.0 Å². The van der Waals surface area contributed by atoms with Crippen LogP contribution in [0.1, 0.15) is 12.5 Å². The van der Waals surface area contributed by atoms with E-state index in [4.69, 9.17) is 4.74 Å². The monoisotopic (exact) mass is 305 g/mol. The first-order valence-corrected chi connectivity index (χ1v) is 6.88. The van der Waals surface area contributed by atoms with Crippen molar-refractivity contribution >= 4 is 5.91 Å². The standard InChI is InChI=1S/C17H17F2NO2/c1-12(22-14-8-9-15(18)16(19)10-14)17(21)20(2)11-13-6-4-3-5-7-13/h3-10,12H,11H2,1-2H3. The predicted octanol–water partition coefficient (Wildman–Crippen LogP) is 3.39. The van der Waals surface area contributed by atoms with E-state index in [-0.39, 0.29) is 11.7 Å². The topological polar surface area (TPSA) is 29.5 Å². The van der Waals surface area contributed by atoms with Crippen LogP contribution >= 0.6 is 0 Å². The van der Waals surface area contributed by atoms with Gasteiger partial charge in [0.25, 0.3) is 5.91 Å². The highest BCUT2D eigenvalue weighted by Crippen LogP contribution is 2.17. The second-order valence-corrected chi connectivity index (χ2v) is 5.02. The summed E-state index contributed by atoms with van der Waals surface area (Å²) < 4.78 is 31.4. The lowest BCUT2D eigenvalue weighted by Gasteiger charge is -2.22. The summed E-state index contributed by atoms with van der Waals surface area (Å²) >= 11 is 0. The minimum absolute atomic E-state index is 0.118. The lowest BCUT2D eigenvalue weighted by molar-refractivity contribution is -0.137. The molecule has 0 N–H and O–H groups in total. The molecule has 1 amide bonds. The third kappa shape index (κ3) is 4.04. The van der Waals surface area contributed by atoms with Crippen molar-refractivity contribution in [2.45, 2.75) is 19.6 Å². The summed E-state index contributed by atoms with van der Waals surface area (Å²) in [5.41, 5.74) is 0.998. The minimum Gasteiger partial charge on any atom is -0.481 e. The maximum Gasteiger partial charge on any atom is 0.263 e. The lowest BCUT2D eigenvalue weighted by Crippen LogP contribution is -2.37. The molecule has 0 aliphatic heterocycles. The smallest absolute Gasteiger partial charge is 0.263 e. The highest BCUT2D eigenvalue weighted by molar-refractivity contribution is 5.80. The fourth-order valence-corrected chi connectivity index (χ4v) is 2.05. The van der Waals surface area contributed by atoms with Gasteiger partial charge < -0.3 is 9.64 Å². The highest BCUT2D eigenvalue weighted by atomic mass is 19.2. The van der Waals surface area contributed by atoms with Crippen LogP contribution < -0.4 is 4.74 Å². The summed E-state index contributed by atoms with van der Waals surface area (Å²) in [6, 6.07) is 12.7. The Morgan fingerprint density at radius 2 is 1.82 bits per heavy atom. The van der Waals surface area contributed by atoms with Crippen LogP contribution in [0.3, 0.4) is 0 Å². The van der Waals surface area contributed by atoms with Gasteiger partial charge in [0.05, 0.1) is 0 Å². The molecule has 2 aromatic rings. The first-order chi connectivity index (χ1) is 10.5. The molecule has 0 fully saturated rings. The van der Waals surface area contributed by atoms with Crippen LogP contribution in [0.2, 0.25) is 0 Å². The molecule has 3 nitrogen and oxygen atoms in total. The van der Waals surface area contributed by atoms with Gasteiger partial charge in [-0.15, -0.1) is 0 Å². The van der Waals surface area contributed by atoms with Crippen molar-refractivity contribution in [3.63, 3.8) is 0 Å². The van der Waals surface area contributed by atoms with Crippen molar-refractivity contribution in [3.05, 3.63) is 65.7 Å². The van der Waals surface area contributed by atoms with Gasteiger partial charge in [-0.3, -0.25) is 4.79 Å². The van der Waals surface area contributed by atoms with Crippen molar-refractivity contribution in [2.24, 2.45) is 0 Å². The maximum absolute atomic E-state index is 13.1. The molecule has 0 spiro atoms. The molecule has 5 heteroatoms. The molecule has 22 heavy (non-hydrogen) atoms. The van der Waals surface area contributed by atoms with Gasteiger partial charge >= 0.3 is 0 Å². The van der Waals surface area contributed by atoms with Gasteiger partial charge in [0, 0.05) is 19.7 Å². The average molecular weight is 305 g/mol. The summed E-state index contributed by atoms with van der Waals surface area (Å²) in [6.45, 7) is 2.02. The number of halogens is 2. The highest BCUT2D eigenvalue weighted by Gasteiger charge is 2.19. The van der Waals surface area contributed by atoms with E-state index in [0.29, 0.717) is 6.54 Å². The Morgan fingerprint density at radius 3 is 2.45 bits per heavy atom. The van der Waals surface area contributed by atoms with Crippen LogP contribution in [0.15, 0.2) is 48.5 Å². The molecule has 0 bridgehead atoms. The van der Waals surface area contributed by atoms with Crippen LogP contribution in [-0.2, 0) is 11.3 Å². The second kappa shape index (κ2) is 7.02. The number of rotatable bonds is 5. The average Bonchev–Trinajstić information content (AvgIpc) is 2.51. The maximum atomic E-state index is 13.1. The summed E-state index contributed by atoms with van der Waals surface area (Å²) in [5, 5.41) is 0. The Labute approximate surface area is 128 Å². The number of likely N-dealkylation sites (N-methyl/N-ethyl adjacent to an activating group) is 1. The molecule has 1 atom stereocenters. The Kier molecular flexibility index (Phi) is 5.09. The summed E-state index contributed by atoms with van der Waals surface area (Å²) in [4.78, 5) is 13.8. The SMILES string of the molecule is CC(Oc1ccc(F)c(F)c1)C(=O)N(C)Cc1ccccc1. The van der Waals surface area contributed by atoms with E-state index >= 15 is 0 Å². The molecule has 1 unspecified atom stereocenters. The zero-order valence-electron chi connectivity index (χ0n) is 12.4. The molecule has 0 radical (unpaired) electrons. The Bertz CT molecular complexity index is 646. The Morgan fingerprint density at radius 1 is 1.14 bits per heavy atom. The second-order valence-electron chi connectivity index (χ2n) is 5.02. The van der Waals surface area contributed by atoms with E-state index in [1.807, 2.05) is 30.3 Å². The first kappa shape index (κ1) is 15.9. The van der Waals surface area contributed by atoms with Crippen LogP contribution in [0.25, 0.3) is 0 Å². The lowest BCUT2D eigenvalue weighted by atomic mass is 10.2. The number of nitrogens with zero attached hydrogens (tertiary/aromatic N) is 1. The number of carbonyl (C=O) groups excluding carboxylic acids is 1.